The first-order chi connectivity index (χ1) is 19.4. The lowest BCUT2D eigenvalue weighted by Crippen LogP contribution is -2.07. The zero-order chi connectivity index (χ0) is 25.5. The second-order valence-corrected chi connectivity index (χ2v) is 10.5. The molecular weight excluding hydrogens is 474 g/mol. The predicted octanol–water partition coefficient (Wildman–Crippen LogP) is 9.00. The van der Waals surface area contributed by atoms with Crippen molar-refractivity contribution in [1.82, 2.24) is 14.5 Å². The number of nitrogens with zero attached hydrogens (tertiary/aromatic N) is 3. The molecule has 0 amide bonds. The molecule has 182 valence electrons. The first-order valence-electron chi connectivity index (χ1n) is 13.6. The third kappa shape index (κ3) is 2.82. The number of hydrogen-bond acceptors (Lipinski definition) is 2. The average molecular weight is 498 g/mol. The van der Waals surface area contributed by atoms with Gasteiger partial charge in [-0.2, -0.15) is 0 Å². The minimum absolute atomic E-state index is 0.724. The number of hydrogen-bond donors (Lipinski definition) is 0. The van der Waals surface area contributed by atoms with Gasteiger partial charge in [0.1, 0.15) is 0 Å². The molecule has 0 unspecified atom stereocenters. The van der Waals surface area contributed by atoms with Gasteiger partial charge in [0.05, 0.1) is 22.4 Å². The molecule has 2 aliphatic carbocycles. The van der Waals surface area contributed by atoms with E-state index in [1.54, 1.807) is 0 Å². The van der Waals surface area contributed by atoms with Gasteiger partial charge < -0.3 is 0 Å². The summed E-state index contributed by atoms with van der Waals surface area (Å²) in [6.45, 7) is 0. The zero-order valence-electron chi connectivity index (χ0n) is 21.2. The molecule has 3 heteroatoms. The number of para-hydroxylation sites is 1. The van der Waals surface area contributed by atoms with Crippen LogP contribution < -0.4 is 0 Å². The van der Waals surface area contributed by atoms with Crippen LogP contribution in [0.2, 0.25) is 0 Å². The van der Waals surface area contributed by atoms with Gasteiger partial charge in [0.25, 0.3) is 0 Å². The first kappa shape index (κ1) is 21.0. The maximum atomic E-state index is 5.31. The van der Waals surface area contributed by atoms with E-state index in [9.17, 15) is 0 Å². The molecule has 0 spiro atoms. The van der Waals surface area contributed by atoms with Crippen molar-refractivity contribution in [2.24, 2.45) is 0 Å². The van der Waals surface area contributed by atoms with Gasteiger partial charge in [-0.3, -0.25) is 4.57 Å². The Balaban J connectivity index is 1.45. The molecule has 9 rings (SSSR count). The van der Waals surface area contributed by atoms with Crippen LogP contribution in [0.15, 0.2) is 109 Å². The van der Waals surface area contributed by atoms with Crippen molar-refractivity contribution in [3.8, 4) is 39.5 Å². The minimum Gasteiger partial charge on any atom is -0.278 e. The lowest BCUT2D eigenvalue weighted by Gasteiger charge is -2.15. The van der Waals surface area contributed by atoms with Crippen molar-refractivity contribution in [3.63, 3.8) is 0 Å². The average Bonchev–Trinajstić information content (AvgIpc) is 3.51. The quantitative estimate of drug-likeness (QED) is 0.239. The molecular formula is C36H23N3. The van der Waals surface area contributed by atoms with Gasteiger partial charge in [-0.15, -0.1) is 0 Å². The molecule has 0 fully saturated rings. The molecule has 0 bridgehead atoms. The molecule has 0 N–H and O–H groups in total. The third-order valence-corrected chi connectivity index (χ3v) is 8.42. The van der Waals surface area contributed by atoms with Gasteiger partial charge in [-0.05, 0) is 58.0 Å². The summed E-state index contributed by atoms with van der Waals surface area (Å²) in [6, 6.07) is 36.8. The molecule has 0 atom stereocenters. The summed E-state index contributed by atoms with van der Waals surface area (Å²) in [6.07, 6.45) is 6.62. The monoisotopic (exact) mass is 497 g/mol. The van der Waals surface area contributed by atoms with E-state index < -0.39 is 0 Å². The predicted molar refractivity (Wildman–Crippen MR) is 161 cm³/mol. The Labute approximate surface area is 225 Å². The highest BCUT2D eigenvalue weighted by Crippen LogP contribution is 2.52. The smallest absolute Gasteiger partial charge is 0.235 e. The van der Waals surface area contributed by atoms with Crippen molar-refractivity contribution in [2.45, 2.75) is 12.8 Å². The third-order valence-electron chi connectivity index (χ3n) is 8.42. The summed E-state index contributed by atoms with van der Waals surface area (Å²) in [7, 11) is 0. The fraction of sp³-hybridized carbons (Fsp3) is 0.0556. The summed E-state index contributed by atoms with van der Waals surface area (Å²) < 4.78 is 2.34. The summed E-state index contributed by atoms with van der Waals surface area (Å²) in [5, 5.41) is 4.99. The van der Waals surface area contributed by atoms with Gasteiger partial charge in [0.15, 0.2) is 0 Å². The Bertz CT molecular complexity index is 2160. The van der Waals surface area contributed by atoms with Gasteiger partial charge >= 0.3 is 0 Å². The van der Waals surface area contributed by atoms with Crippen LogP contribution in [0.3, 0.4) is 0 Å². The molecule has 0 saturated carbocycles. The molecule has 0 saturated heterocycles. The van der Waals surface area contributed by atoms with Gasteiger partial charge in [-0.25, -0.2) is 9.97 Å². The molecule has 0 aliphatic heterocycles. The molecule has 2 aromatic heterocycles. The Morgan fingerprint density at radius 1 is 0.641 bits per heavy atom. The number of rotatable bonds is 2. The summed E-state index contributed by atoms with van der Waals surface area (Å²) in [5.41, 5.74) is 12.0. The van der Waals surface area contributed by atoms with Gasteiger partial charge in [-0.1, -0.05) is 103 Å². The fourth-order valence-electron chi connectivity index (χ4n) is 6.78. The fourth-order valence-corrected chi connectivity index (χ4v) is 6.78. The lowest BCUT2D eigenvalue weighted by molar-refractivity contribution is 0.929. The Morgan fingerprint density at radius 3 is 2.36 bits per heavy atom. The van der Waals surface area contributed by atoms with Crippen LogP contribution in [0.5, 0.6) is 0 Å². The van der Waals surface area contributed by atoms with Crippen LogP contribution in [0, 0.1) is 0 Å². The second-order valence-electron chi connectivity index (χ2n) is 10.5. The van der Waals surface area contributed by atoms with E-state index in [0.717, 1.165) is 41.0 Å². The second kappa shape index (κ2) is 7.75. The van der Waals surface area contributed by atoms with Crippen LogP contribution in [0.25, 0.3) is 78.1 Å². The van der Waals surface area contributed by atoms with E-state index in [1.807, 2.05) is 0 Å². The largest absolute Gasteiger partial charge is 0.278 e. The van der Waals surface area contributed by atoms with Crippen LogP contribution >= 0.6 is 0 Å². The highest BCUT2D eigenvalue weighted by Gasteiger charge is 2.29. The van der Waals surface area contributed by atoms with E-state index in [2.05, 4.69) is 120 Å². The van der Waals surface area contributed by atoms with E-state index >= 15 is 0 Å². The Hall–Kier alpha value is -5.02. The molecule has 0 radical (unpaired) electrons. The van der Waals surface area contributed by atoms with Crippen molar-refractivity contribution in [1.29, 1.82) is 0 Å². The molecule has 3 nitrogen and oxygen atoms in total. The highest BCUT2D eigenvalue weighted by atomic mass is 15.2. The maximum absolute atomic E-state index is 5.31. The van der Waals surface area contributed by atoms with Crippen molar-refractivity contribution in [3.05, 3.63) is 120 Å². The van der Waals surface area contributed by atoms with Crippen molar-refractivity contribution in [2.75, 3.05) is 0 Å². The number of aromatic nitrogens is 3. The van der Waals surface area contributed by atoms with Crippen LogP contribution in [-0.4, -0.2) is 14.5 Å². The zero-order valence-corrected chi connectivity index (χ0v) is 21.2. The standard InChI is InChI=1S/C36H23N3/c1-2-10-23(11-3-1)34-28-15-4-6-18-30(28)37-36(38-34)39-31-19-7-5-14-24(31)27-21-20-26-25-16-8-12-22-13-9-17-29(32(22)25)33(26)35(27)39/h1-4,6-13,15-21H,5,14H2. The Kier molecular flexibility index (Phi) is 4.17. The SMILES string of the molecule is C1=Cc2c(c3ccc4c(c3n2-c2nc(-c3ccccc3)c3ccccc3n2)-c2cccc3cccc-4c23)CC1. The summed E-state index contributed by atoms with van der Waals surface area (Å²) in [4.78, 5) is 10.5. The van der Waals surface area contributed by atoms with E-state index in [-0.39, 0.29) is 0 Å². The van der Waals surface area contributed by atoms with Gasteiger partial charge in [0, 0.05) is 21.9 Å². The highest BCUT2D eigenvalue weighted by molar-refractivity contribution is 6.21. The van der Waals surface area contributed by atoms with Crippen LogP contribution in [-0.2, 0) is 6.42 Å². The van der Waals surface area contributed by atoms with Crippen LogP contribution in [0.1, 0.15) is 17.7 Å². The van der Waals surface area contributed by atoms with E-state index in [0.29, 0.717) is 0 Å². The number of benzene rings is 5. The van der Waals surface area contributed by atoms with Crippen molar-refractivity contribution < 1.29 is 0 Å². The topological polar surface area (TPSA) is 30.7 Å². The maximum Gasteiger partial charge on any atom is 0.235 e. The number of aryl methyl sites for hydroxylation is 1. The molecule has 2 heterocycles. The van der Waals surface area contributed by atoms with Crippen LogP contribution in [0.4, 0.5) is 0 Å². The molecule has 7 aromatic rings. The van der Waals surface area contributed by atoms with E-state index in [4.69, 9.17) is 9.97 Å². The molecule has 2 aliphatic rings. The summed E-state index contributed by atoms with van der Waals surface area (Å²) >= 11 is 0. The minimum atomic E-state index is 0.724. The van der Waals surface area contributed by atoms with Gasteiger partial charge in [0.2, 0.25) is 5.95 Å². The molecule has 5 aromatic carbocycles. The van der Waals surface area contributed by atoms with E-state index in [1.165, 1.54) is 55.2 Å². The number of fused-ring (bicyclic) bond motifs is 8. The molecule has 39 heavy (non-hydrogen) atoms. The first-order valence-corrected chi connectivity index (χ1v) is 13.6. The summed E-state index contributed by atoms with van der Waals surface area (Å²) in [5.74, 6) is 0.724. The van der Waals surface area contributed by atoms with Crippen molar-refractivity contribution >= 4 is 38.7 Å². The number of allylic oxidation sites excluding steroid dienone is 1. The normalized spacial score (nSPS) is 13.3. The Morgan fingerprint density at radius 2 is 1.46 bits per heavy atom. The lowest BCUT2D eigenvalue weighted by atomic mass is 9.97.